The van der Waals surface area contributed by atoms with Crippen LogP contribution < -0.4 is 0 Å². The fourth-order valence-corrected chi connectivity index (χ4v) is 1.76. The molecule has 0 amide bonds. The molecule has 0 aromatic carbocycles. The van der Waals surface area contributed by atoms with E-state index in [-0.39, 0.29) is 0 Å². The molecule has 0 aromatic heterocycles. The largest absolute Gasteiger partial charge is 0.311 e. The summed E-state index contributed by atoms with van der Waals surface area (Å²) in [6.07, 6.45) is 17.7. The SMILES string of the molecule is CC=CC[N+](CC=CC)(CC=CC)CC=CC. The number of allylic oxidation sites excluding steroid dienone is 4. The molecule has 0 aliphatic carbocycles. The average molecular weight is 234 g/mol. The van der Waals surface area contributed by atoms with E-state index in [1.54, 1.807) is 0 Å². The highest BCUT2D eigenvalue weighted by molar-refractivity contribution is 4.87. The van der Waals surface area contributed by atoms with Crippen molar-refractivity contribution in [3.8, 4) is 0 Å². The minimum atomic E-state index is 1.07. The van der Waals surface area contributed by atoms with Gasteiger partial charge in [-0.2, -0.15) is 0 Å². The van der Waals surface area contributed by atoms with Crippen molar-refractivity contribution in [1.29, 1.82) is 0 Å². The minimum Gasteiger partial charge on any atom is -0.311 e. The molecule has 0 aliphatic heterocycles. The van der Waals surface area contributed by atoms with Gasteiger partial charge in [0.2, 0.25) is 0 Å². The molecule has 0 aromatic rings. The topological polar surface area (TPSA) is 0 Å². The monoisotopic (exact) mass is 234 g/mol. The van der Waals surface area contributed by atoms with Crippen LogP contribution in [0.3, 0.4) is 0 Å². The molecule has 0 fully saturated rings. The first-order valence-electron chi connectivity index (χ1n) is 6.54. The summed E-state index contributed by atoms with van der Waals surface area (Å²) in [5, 5.41) is 0. The summed E-state index contributed by atoms with van der Waals surface area (Å²) in [6.45, 7) is 12.7. The van der Waals surface area contributed by atoms with E-state index >= 15 is 0 Å². The third-order valence-corrected chi connectivity index (χ3v) is 2.91. The molecule has 0 saturated heterocycles. The molecule has 1 nitrogen and oxygen atoms in total. The molecule has 0 rings (SSSR count). The molecule has 0 aliphatic rings. The molecule has 1 heteroatoms. The van der Waals surface area contributed by atoms with Gasteiger partial charge in [0, 0.05) is 0 Å². The molecule has 0 bridgehead atoms. The lowest BCUT2D eigenvalue weighted by Gasteiger charge is -2.35. The molecule has 0 N–H and O–H groups in total. The molecule has 0 saturated carbocycles. The van der Waals surface area contributed by atoms with E-state index in [1.165, 1.54) is 0 Å². The van der Waals surface area contributed by atoms with Gasteiger partial charge in [0.15, 0.2) is 0 Å². The number of hydrogen-bond acceptors (Lipinski definition) is 0. The summed E-state index contributed by atoms with van der Waals surface area (Å²) in [4.78, 5) is 0. The predicted molar refractivity (Wildman–Crippen MR) is 79.0 cm³/mol. The molecule has 17 heavy (non-hydrogen) atoms. The first kappa shape index (κ1) is 15.9. The van der Waals surface area contributed by atoms with Crippen molar-refractivity contribution in [3.05, 3.63) is 48.6 Å². The van der Waals surface area contributed by atoms with E-state index in [2.05, 4.69) is 76.3 Å². The van der Waals surface area contributed by atoms with Crippen LogP contribution in [0.15, 0.2) is 48.6 Å². The van der Waals surface area contributed by atoms with E-state index < -0.39 is 0 Å². The summed E-state index contributed by atoms with van der Waals surface area (Å²) >= 11 is 0. The van der Waals surface area contributed by atoms with Gasteiger partial charge in [-0.15, -0.1) is 0 Å². The summed E-state index contributed by atoms with van der Waals surface area (Å²) < 4.78 is 1.07. The molecule has 0 spiro atoms. The Labute approximate surface area is 107 Å². The average Bonchev–Trinajstić information content (AvgIpc) is 2.37. The van der Waals surface area contributed by atoms with Crippen LogP contribution in [0.4, 0.5) is 0 Å². The van der Waals surface area contributed by atoms with Gasteiger partial charge in [0.05, 0.1) is 26.2 Å². The van der Waals surface area contributed by atoms with Crippen LogP contribution >= 0.6 is 0 Å². The zero-order chi connectivity index (χ0) is 13.0. The zero-order valence-electron chi connectivity index (χ0n) is 11.9. The fraction of sp³-hybridized carbons (Fsp3) is 0.500. The van der Waals surface area contributed by atoms with Gasteiger partial charge in [-0.25, -0.2) is 0 Å². The summed E-state index contributed by atoms with van der Waals surface area (Å²) in [6, 6.07) is 0. The van der Waals surface area contributed by atoms with Crippen molar-refractivity contribution < 1.29 is 4.48 Å². The van der Waals surface area contributed by atoms with Crippen molar-refractivity contribution in [2.45, 2.75) is 27.7 Å². The summed E-state index contributed by atoms with van der Waals surface area (Å²) in [7, 11) is 0. The lowest BCUT2D eigenvalue weighted by Crippen LogP contribution is -2.48. The predicted octanol–water partition coefficient (Wildman–Crippen LogP) is 4.11. The zero-order valence-corrected chi connectivity index (χ0v) is 11.9. The van der Waals surface area contributed by atoms with E-state index in [0.29, 0.717) is 0 Å². The van der Waals surface area contributed by atoms with Crippen molar-refractivity contribution >= 4 is 0 Å². The Bertz CT molecular complexity index is 220. The highest BCUT2D eigenvalue weighted by atomic mass is 15.3. The Hall–Kier alpha value is -1.08. The van der Waals surface area contributed by atoms with Crippen LogP contribution in [0, 0.1) is 0 Å². The Morgan fingerprint density at radius 2 is 0.765 bits per heavy atom. The maximum absolute atomic E-state index is 2.27. The number of nitrogens with zero attached hydrogens (tertiary/aromatic N) is 1. The molecule has 0 unspecified atom stereocenters. The molecular weight excluding hydrogens is 206 g/mol. The lowest BCUT2D eigenvalue weighted by molar-refractivity contribution is -0.906. The first-order valence-corrected chi connectivity index (χ1v) is 6.54. The molecule has 96 valence electrons. The molecule has 0 heterocycles. The Morgan fingerprint density at radius 3 is 0.941 bits per heavy atom. The number of quaternary nitrogens is 1. The van der Waals surface area contributed by atoms with Gasteiger partial charge in [0.25, 0.3) is 0 Å². The lowest BCUT2D eigenvalue weighted by atomic mass is 10.2. The van der Waals surface area contributed by atoms with Crippen molar-refractivity contribution in [1.82, 2.24) is 0 Å². The van der Waals surface area contributed by atoms with E-state index in [0.717, 1.165) is 30.7 Å². The van der Waals surface area contributed by atoms with Gasteiger partial charge in [-0.1, -0.05) is 24.3 Å². The smallest absolute Gasteiger partial charge is 0.0980 e. The van der Waals surface area contributed by atoms with Crippen LogP contribution in [0.1, 0.15) is 27.7 Å². The second-order valence-electron chi connectivity index (χ2n) is 4.35. The van der Waals surface area contributed by atoms with Crippen LogP contribution in [0.25, 0.3) is 0 Å². The maximum Gasteiger partial charge on any atom is 0.0980 e. The van der Waals surface area contributed by atoms with Crippen LogP contribution in [-0.4, -0.2) is 30.7 Å². The second-order valence-corrected chi connectivity index (χ2v) is 4.35. The van der Waals surface area contributed by atoms with Gasteiger partial charge < -0.3 is 4.48 Å². The van der Waals surface area contributed by atoms with Gasteiger partial charge in [-0.05, 0) is 52.0 Å². The van der Waals surface area contributed by atoms with Crippen LogP contribution in [-0.2, 0) is 0 Å². The second kappa shape index (κ2) is 10.1. The van der Waals surface area contributed by atoms with Crippen LogP contribution in [0.2, 0.25) is 0 Å². The molecule has 0 radical (unpaired) electrons. The van der Waals surface area contributed by atoms with Gasteiger partial charge >= 0.3 is 0 Å². The maximum atomic E-state index is 2.27. The van der Waals surface area contributed by atoms with Gasteiger partial charge in [0.1, 0.15) is 0 Å². The van der Waals surface area contributed by atoms with Crippen LogP contribution in [0.5, 0.6) is 0 Å². The van der Waals surface area contributed by atoms with E-state index in [4.69, 9.17) is 0 Å². The van der Waals surface area contributed by atoms with E-state index in [1.807, 2.05) is 0 Å². The standard InChI is InChI=1S/C16H28N/c1-5-9-13-17(14-10-6-2,15-11-7-3)16-12-8-4/h5-12H,13-16H2,1-4H3/q+1. The van der Waals surface area contributed by atoms with Crippen molar-refractivity contribution in [3.63, 3.8) is 0 Å². The summed E-state index contributed by atoms with van der Waals surface area (Å²) in [5.74, 6) is 0. The fourth-order valence-electron chi connectivity index (χ4n) is 1.76. The normalized spacial score (nSPS) is 16.7. The number of rotatable bonds is 8. The third-order valence-electron chi connectivity index (χ3n) is 2.91. The molecular formula is C16H28N+. The quantitative estimate of drug-likeness (QED) is 0.438. The Kier molecular flexibility index (Phi) is 9.46. The highest BCUT2D eigenvalue weighted by Crippen LogP contribution is 2.09. The Morgan fingerprint density at radius 1 is 0.529 bits per heavy atom. The molecule has 0 atom stereocenters. The van der Waals surface area contributed by atoms with Crippen molar-refractivity contribution in [2.75, 3.05) is 26.2 Å². The third kappa shape index (κ3) is 6.96. The highest BCUT2D eigenvalue weighted by Gasteiger charge is 2.21. The minimum absolute atomic E-state index is 1.07. The first-order chi connectivity index (χ1) is 8.24. The van der Waals surface area contributed by atoms with Gasteiger partial charge in [-0.3, -0.25) is 0 Å². The number of hydrogen-bond donors (Lipinski definition) is 0. The van der Waals surface area contributed by atoms with Crippen molar-refractivity contribution in [2.24, 2.45) is 0 Å². The Balaban J connectivity index is 4.87. The summed E-state index contributed by atoms with van der Waals surface area (Å²) in [5.41, 5.74) is 0. The van der Waals surface area contributed by atoms with E-state index in [9.17, 15) is 0 Å².